The van der Waals surface area contributed by atoms with Crippen molar-refractivity contribution in [2.24, 2.45) is 0 Å². The molecule has 4 aromatic rings. The number of nitrogens with zero attached hydrogens (tertiary/aromatic N) is 8. The maximum absolute atomic E-state index is 15.2. The minimum Gasteiger partial charge on any atom is -0.394 e. The van der Waals surface area contributed by atoms with Crippen LogP contribution in [0, 0.1) is 0 Å². The molecule has 0 amide bonds. The lowest BCUT2D eigenvalue weighted by molar-refractivity contribution is -0.0436. The van der Waals surface area contributed by atoms with Crippen LogP contribution < -0.4 is 5.32 Å². The highest BCUT2D eigenvalue weighted by atomic mass is 32.7. The molecular formula is C25H29F2N9O9P2S+2. The van der Waals surface area contributed by atoms with E-state index in [2.05, 4.69) is 47.5 Å². The van der Waals surface area contributed by atoms with Gasteiger partial charge in [-0.2, -0.15) is 0 Å². The van der Waals surface area contributed by atoms with Gasteiger partial charge in [-0.05, 0) is 17.4 Å². The van der Waals surface area contributed by atoms with E-state index in [4.69, 9.17) is 23.4 Å². The van der Waals surface area contributed by atoms with Gasteiger partial charge in [0.1, 0.15) is 42.6 Å². The van der Waals surface area contributed by atoms with Crippen LogP contribution in [-0.4, -0.2) is 111 Å². The van der Waals surface area contributed by atoms with Crippen molar-refractivity contribution in [1.82, 2.24) is 39.0 Å². The summed E-state index contributed by atoms with van der Waals surface area (Å²) < 4.78 is 76.7. The number of anilines is 1. The molecule has 2 aliphatic heterocycles. The van der Waals surface area contributed by atoms with Crippen molar-refractivity contribution in [3.8, 4) is 0 Å². The molecule has 0 radical (unpaired) electrons. The molecule has 0 bridgehead atoms. The predicted molar refractivity (Wildman–Crippen MR) is 165 cm³/mol. The van der Waals surface area contributed by atoms with Crippen molar-refractivity contribution in [3.63, 3.8) is 0 Å². The molecule has 48 heavy (non-hydrogen) atoms. The van der Waals surface area contributed by atoms with Crippen LogP contribution in [0.4, 0.5) is 14.6 Å². The molecule has 18 nitrogen and oxygen atoms in total. The van der Waals surface area contributed by atoms with E-state index < -0.39 is 77.9 Å². The second-order valence-electron chi connectivity index (χ2n) is 10.6. The van der Waals surface area contributed by atoms with Gasteiger partial charge in [0.2, 0.25) is 0 Å². The minimum absolute atomic E-state index is 0.268. The number of rotatable bonds is 14. The molecule has 23 heteroatoms. The normalized spacial score (nSPS) is 28.2. The first-order chi connectivity index (χ1) is 23.2. The van der Waals surface area contributed by atoms with Crippen LogP contribution in [0.3, 0.4) is 0 Å². The number of alkyl halides is 2. The van der Waals surface area contributed by atoms with E-state index in [1.54, 1.807) is 0 Å². The summed E-state index contributed by atoms with van der Waals surface area (Å²) in [5, 5.41) is 22.3. The van der Waals surface area contributed by atoms with Crippen molar-refractivity contribution in [2.45, 2.75) is 62.1 Å². The number of thiol groups is 1. The highest BCUT2D eigenvalue weighted by Gasteiger charge is 2.52. The molecule has 2 aliphatic rings. The summed E-state index contributed by atoms with van der Waals surface area (Å²) in [7, 11) is -5.55. The third-order valence-electron chi connectivity index (χ3n) is 7.76. The maximum Gasteiger partial charge on any atom is 0.695 e. The van der Waals surface area contributed by atoms with Crippen LogP contribution >= 0.6 is 27.7 Å². The van der Waals surface area contributed by atoms with E-state index in [-0.39, 0.29) is 11.3 Å². The van der Waals surface area contributed by atoms with Crippen LogP contribution in [0.2, 0.25) is 0 Å². The lowest BCUT2D eigenvalue weighted by Crippen LogP contribution is -2.32. The molecule has 6 rings (SSSR count). The van der Waals surface area contributed by atoms with Gasteiger partial charge in [-0.25, -0.2) is 38.7 Å². The van der Waals surface area contributed by atoms with Crippen LogP contribution in [0.15, 0.2) is 37.5 Å². The van der Waals surface area contributed by atoms with Gasteiger partial charge in [0.15, 0.2) is 59.6 Å². The van der Waals surface area contributed by atoms with Crippen LogP contribution in [0.25, 0.3) is 22.3 Å². The Morgan fingerprint density at radius 2 is 1.46 bits per heavy atom. The highest BCUT2D eigenvalue weighted by Crippen LogP contribution is 2.42. The second-order valence-corrected chi connectivity index (χ2v) is 12.9. The molecule has 0 saturated carbocycles. The molecule has 2 unspecified atom stereocenters. The molecule has 2 fully saturated rings. The van der Waals surface area contributed by atoms with E-state index in [1.165, 1.54) is 34.4 Å². The lowest BCUT2D eigenvalue weighted by Gasteiger charge is -2.15. The number of fused-ring (bicyclic) bond motifs is 2. The molecule has 4 aromatic heterocycles. The molecule has 0 aliphatic carbocycles. The summed E-state index contributed by atoms with van der Waals surface area (Å²) >= 11 is 3.67. The average Bonchev–Trinajstić information content (AvgIpc) is 3.83. The van der Waals surface area contributed by atoms with Gasteiger partial charge in [0.25, 0.3) is 0 Å². The number of hydrogen-bond acceptors (Lipinski definition) is 15. The zero-order chi connectivity index (χ0) is 33.9. The molecule has 256 valence electrons. The Hall–Kier alpha value is -3.23. The van der Waals surface area contributed by atoms with E-state index in [0.717, 1.165) is 0 Å². The number of aliphatic hydroxyl groups is 2. The van der Waals surface area contributed by atoms with Crippen molar-refractivity contribution in [3.05, 3.63) is 43.2 Å². The van der Waals surface area contributed by atoms with E-state index >= 15 is 8.78 Å². The van der Waals surface area contributed by atoms with Crippen LogP contribution in [-0.2, 0) is 34.1 Å². The number of aromatic nitrogens is 8. The van der Waals surface area contributed by atoms with Gasteiger partial charge in [-0.1, -0.05) is 12.2 Å². The quantitative estimate of drug-likeness (QED) is 0.0710. The lowest BCUT2D eigenvalue weighted by atomic mass is 10.1. The van der Waals surface area contributed by atoms with Gasteiger partial charge >= 0.3 is 15.5 Å². The molecule has 4 N–H and O–H groups in total. The Morgan fingerprint density at radius 1 is 0.875 bits per heavy atom. The van der Waals surface area contributed by atoms with Gasteiger partial charge in [0.05, 0.1) is 31.6 Å². The number of allylic oxidation sites excluding steroid dienone is 1. The fourth-order valence-electron chi connectivity index (χ4n) is 5.60. The molecule has 10 atom stereocenters. The van der Waals surface area contributed by atoms with E-state index in [0.29, 0.717) is 41.9 Å². The van der Waals surface area contributed by atoms with Crippen molar-refractivity contribution in [1.29, 1.82) is 0 Å². The number of ether oxygens (including phenoxy) is 2. The van der Waals surface area contributed by atoms with E-state index in [1.807, 2.05) is 12.2 Å². The SMILES string of the molecule is O=[P+](O)O[C@H]1[C@@H](F)[C@H](n2cnc3c(CC/C=C/CNc4ncnc5c4ncn5[C@@H]4O[C@H](CO)[C@@H](O[P+](=O)S)[C@H]4F)ncnc32)O[C@@H]1CO. The zero-order valence-corrected chi connectivity index (χ0v) is 27.3. The maximum atomic E-state index is 15.2. The van der Waals surface area contributed by atoms with E-state index in [9.17, 15) is 19.3 Å². The van der Waals surface area contributed by atoms with Crippen LogP contribution in [0.5, 0.6) is 0 Å². The van der Waals surface area contributed by atoms with Gasteiger partial charge in [-0.15, -0.1) is 13.9 Å². The fraction of sp³-hybridized carbons (Fsp3) is 0.520. The Kier molecular flexibility index (Phi) is 10.9. The Balaban J connectivity index is 1.07. The van der Waals surface area contributed by atoms with Gasteiger partial charge in [-0.3, -0.25) is 9.13 Å². The number of halogens is 2. The molecule has 0 spiro atoms. The highest BCUT2D eigenvalue weighted by molar-refractivity contribution is 8.39. The van der Waals surface area contributed by atoms with Crippen molar-refractivity contribution in [2.75, 3.05) is 25.1 Å². The number of hydrogen-bond donors (Lipinski definition) is 5. The van der Waals surface area contributed by atoms with Crippen molar-refractivity contribution < 1.29 is 51.5 Å². The third kappa shape index (κ3) is 6.93. The fourth-order valence-corrected chi connectivity index (χ4v) is 6.85. The smallest absolute Gasteiger partial charge is 0.394 e. The first-order valence-electron chi connectivity index (χ1n) is 14.4. The standard InChI is InChI=1S/C25H27F2N9O9P2S/c26-15-19(44-46(39)40)13(6-37)42-24(15)35-10-33-17-12(29-8-31-22(17)35)4-2-1-3-5-28-21-18-23(32-9-30-21)36(11-34-18)25-16(27)20(45-47(41)48)14(7-38)43-25/h1,3,8-11,13-16,19-20,24-25,37-38H,2,4-7H2,(H-2,28,30,32,39,40,41,48)/p+2/b3-1+/t13-,14-,15-,16-,19-,20-,24-,25-/m1/s1. The summed E-state index contributed by atoms with van der Waals surface area (Å²) in [6, 6.07) is 0. The Bertz CT molecular complexity index is 1690. The van der Waals surface area contributed by atoms with Crippen molar-refractivity contribution >= 4 is 55.9 Å². The summed E-state index contributed by atoms with van der Waals surface area (Å²) in [6.07, 6.45) is -1.15. The molecular weight excluding hydrogens is 702 g/mol. The monoisotopic (exact) mass is 731 g/mol. The molecule has 0 aromatic carbocycles. The summed E-state index contributed by atoms with van der Waals surface area (Å²) in [5.41, 5.74) is 1.91. The number of imidazole rings is 2. The Morgan fingerprint density at radius 3 is 2.06 bits per heavy atom. The predicted octanol–water partition coefficient (Wildman–Crippen LogP) is 2.03. The number of aryl methyl sites for hydroxylation is 1. The summed E-state index contributed by atoms with van der Waals surface area (Å²) in [5.74, 6) is 0.382. The first kappa shape index (κ1) is 34.6. The largest absolute Gasteiger partial charge is 0.695 e. The first-order valence-corrected chi connectivity index (χ1v) is 17.9. The van der Waals surface area contributed by atoms with Crippen LogP contribution in [0.1, 0.15) is 24.6 Å². The van der Waals surface area contributed by atoms with Gasteiger partial charge < -0.3 is 25.0 Å². The zero-order valence-electron chi connectivity index (χ0n) is 24.6. The second kappa shape index (κ2) is 15.1. The topological polar surface area (TPSA) is 231 Å². The summed E-state index contributed by atoms with van der Waals surface area (Å²) in [6.45, 7) is -0.830. The molecule has 2 saturated heterocycles. The third-order valence-corrected chi connectivity index (χ3v) is 8.89. The molecule has 6 heterocycles. The number of nitrogens with one attached hydrogen (secondary N) is 1. The minimum atomic E-state index is -3.12. The average molecular weight is 732 g/mol. The number of aliphatic hydroxyl groups excluding tert-OH is 2. The van der Waals surface area contributed by atoms with Gasteiger partial charge in [0, 0.05) is 11.1 Å². The Labute approximate surface area is 276 Å². The summed E-state index contributed by atoms with van der Waals surface area (Å²) in [4.78, 5) is 34.7.